The number of rotatable bonds is 3. The monoisotopic (exact) mass is 265 g/mol. The van der Waals surface area contributed by atoms with E-state index in [1.54, 1.807) is 6.07 Å². The summed E-state index contributed by atoms with van der Waals surface area (Å²) < 4.78 is 18.8. The van der Waals surface area contributed by atoms with Crippen LogP contribution in [0.5, 0.6) is 0 Å². The van der Waals surface area contributed by atoms with Crippen molar-refractivity contribution in [2.24, 2.45) is 5.92 Å². The fourth-order valence-electron chi connectivity index (χ4n) is 2.95. The number of β-amino-alcohol motifs (C(OH)–C–C–N with tert-alkyl or cyclic N) is 1. The van der Waals surface area contributed by atoms with Gasteiger partial charge in [-0.15, -0.1) is 0 Å². The highest BCUT2D eigenvalue weighted by Crippen LogP contribution is 2.26. The molecule has 1 N–H and O–H groups in total. The summed E-state index contributed by atoms with van der Waals surface area (Å²) >= 11 is 0. The molecule has 2 aliphatic rings. The lowest BCUT2D eigenvalue weighted by molar-refractivity contribution is -0.0954. The number of hydrogen-bond acceptors (Lipinski definition) is 3. The minimum Gasteiger partial charge on any atom is -0.391 e. The third-order valence-electron chi connectivity index (χ3n) is 4.33. The van der Waals surface area contributed by atoms with Crippen molar-refractivity contribution < 1.29 is 14.2 Å². The lowest BCUT2D eigenvalue weighted by Gasteiger charge is -2.43. The first-order valence-corrected chi connectivity index (χ1v) is 6.97. The number of likely N-dealkylation sites (tertiary alicyclic amines) is 1. The summed E-state index contributed by atoms with van der Waals surface area (Å²) in [6.45, 7) is 3.23. The Morgan fingerprint density at radius 3 is 2.74 bits per heavy atom. The number of piperidine rings is 1. The summed E-state index contributed by atoms with van der Waals surface area (Å²) in [5, 5.41) is 10.3. The second-order valence-corrected chi connectivity index (χ2v) is 5.60. The van der Waals surface area contributed by atoms with Crippen LogP contribution in [0, 0.1) is 11.7 Å². The highest BCUT2D eigenvalue weighted by atomic mass is 19.1. The number of nitrogens with zero attached hydrogens (tertiary/aromatic N) is 1. The van der Waals surface area contributed by atoms with Crippen LogP contribution >= 0.6 is 0 Å². The summed E-state index contributed by atoms with van der Waals surface area (Å²) in [5.74, 6) is -0.00123. The van der Waals surface area contributed by atoms with Gasteiger partial charge in [0, 0.05) is 6.54 Å². The smallest absolute Gasteiger partial charge is 0.126 e. The zero-order valence-corrected chi connectivity index (χ0v) is 11.0. The zero-order valence-electron chi connectivity index (χ0n) is 11.0. The van der Waals surface area contributed by atoms with Crippen LogP contribution in [0.4, 0.5) is 4.39 Å². The summed E-state index contributed by atoms with van der Waals surface area (Å²) in [4.78, 5) is 2.30. The van der Waals surface area contributed by atoms with Crippen molar-refractivity contribution in [3.8, 4) is 0 Å². The minimum atomic E-state index is -0.367. The Morgan fingerprint density at radius 2 is 2.11 bits per heavy atom. The first-order chi connectivity index (χ1) is 9.24. The summed E-state index contributed by atoms with van der Waals surface area (Å²) in [6, 6.07) is 7.33. The van der Waals surface area contributed by atoms with E-state index in [4.69, 9.17) is 4.74 Å². The van der Waals surface area contributed by atoms with E-state index >= 15 is 0 Å². The van der Waals surface area contributed by atoms with Crippen molar-refractivity contribution in [3.05, 3.63) is 35.6 Å². The van der Waals surface area contributed by atoms with Gasteiger partial charge in [0.15, 0.2) is 0 Å². The molecule has 1 aromatic rings. The van der Waals surface area contributed by atoms with E-state index in [2.05, 4.69) is 4.90 Å². The van der Waals surface area contributed by atoms with Gasteiger partial charge in [0.05, 0.1) is 25.4 Å². The van der Waals surface area contributed by atoms with Crippen molar-refractivity contribution >= 4 is 0 Å². The molecule has 2 aliphatic heterocycles. The summed E-state index contributed by atoms with van der Waals surface area (Å²) in [7, 11) is 0. The van der Waals surface area contributed by atoms with Crippen molar-refractivity contribution in [2.45, 2.75) is 25.0 Å². The van der Waals surface area contributed by atoms with E-state index in [-0.39, 0.29) is 17.8 Å². The first-order valence-electron chi connectivity index (χ1n) is 6.97. The molecular weight excluding hydrogens is 245 g/mol. The Morgan fingerprint density at radius 1 is 1.32 bits per heavy atom. The highest BCUT2D eigenvalue weighted by Gasteiger charge is 2.34. The third kappa shape index (κ3) is 2.81. The van der Waals surface area contributed by atoms with E-state index in [1.807, 2.05) is 12.1 Å². The molecule has 3 rings (SSSR count). The van der Waals surface area contributed by atoms with Crippen LogP contribution in [0.3, 0.4) is 0 Å². The van der Waals surface area contributed by atoms with Crippen molar-refractivity contribution in [3.63, 3.8) is 0 Å². The van der Waals surface area contributed by atoms with Crippen LogP contribution in [0.15, 0.2) is 24.3 Å². The maximum Gasteiger partial charge on any atom is 0.126 e. The topological polar surface area (TPSA) is 32.7 Å². The normalized spacial score (nSPS) is 29.2. The standard InChI is InChI=1S/C15H20FNO2/c16-14-4-2-1-3-11(14)7-12-5-6-17(8-15(12)18)13-9-19-10-13/h1-4,12-13,15,18H,5-10H2/t12-,15+/m1/s1. The molecule has 0 spiro atoms. The fraction of sp³-hybridized carbons (Fsp3) is 0.600. The molecule has 2 saturated heterocycles. The predicted molar refractivity (Wildman–Crippen MR) is 70.4 cm³/mol. The molecule has 19 heavy (non-hydrogen) atoms. The van der Waals surface area contributed by atoms with E-state index in [9.17, 15) is 9.50 Å². The van der Waals surface area contributed by atoms with Crippen molar-refractivity contribution in [1.82, 2.24) is 4.90 Å². The molecule has 0 aliphatic carbocycles. The molecule has 0 bridgehead atoms. The van der Waals surface area contributed by atoms with Gasteiger partial charge in [0.25, 0.3) is 0 Å². The Labute approximate surface area is 113 Å². The van der Waals surface area contributed by atoms with Gasteiger partial charge < -0.3 is 9.84 Å². The number of halogens is 1. The average Bonchev–Trinajstić information content (AvgIpc) is 2.33. The summed E-state index contributed by atoms with van der Waals surface area (Å²) in [6.07, 6.45) is 1.18. The van der Waals surface area contributed by atoms with Crippen LogP contribution in [0.2, 0.25) is 0 Å². The number of hydrogen-bond donors (Lipinski definition) is 1. The lowest BCUT2D eigenvalue weighted by atomic mass is 9.87. The molecule has 104 valence electrons. The molecule has 2 atom stereocenters. The largest absolute Gasteiger partial charge is 0.391 e. The molecule has 0 saturated carbocycles. The van der Waals surface area contributed by atoms with Crippen LogP contribution in [-0.2, 0) is 11.2 Å². The number of aliphatic hydroxyl groups is 1. The van der Waals surface area contributed by atoms with Crippen LogP contribution in [0.25, 0.3) is 0 Å². The van der Waals surface area contributed by atoms with Gasteiger partial charge in [0.2, 0.25) is 0 Å². The molecule has 0 radical (unpaired) electrons. The van der Waals surface area contributed by atoms with Gasteiger partial charge in [0.1, 0.15) is 5.82 Å². The molecule has 4 heteroatoms. The molecule has 2 fully saturated rings. The number of aliphatic hydroxyl groups excluding tert-OH is 1. The molecule has 2 heterocycles. The Hall–Kier alpha value is -0.970. The van der Waals surface area contributed by atoms with Gasteiger partial charge in [-0.1, -0.05) is 18.2 Å². The van der Waals surface area contributed by atoms with Gasteiger partial charge in [-0.3, -0.25) is 4.90 Å². The average molecular weight is 265 g/mol. The van der Waals surface area contributed by atoms with Crippen LogP contribution in [0.1, 0.15) is 12.0 Å². The van der Waals surface area contributed by atoms with Gasteiger partial charge in [-0.2, -0.15) is 0 Å². The SMILES string of the molecule is O[C@H]1CN(C2COC2)CC[C@@H]1Cc1ccccc1F. The van der Waals surface area contributed by atoms with Crippen LogP contribution < -0.4 is 0 Å². The maximum atomic E-state index is 13.6. The number of ether oxygens (including phenoxy) is 1. The molecule has 1 aromatic carbocycles. The molecule has 0 unspecified atom stereocenters. The molecule has 0 amide bonds. The number of benzene rings is 1. The molecule has 0 aromatic heterocycles. The van der Waals surface area contributed by atoms with E-state index in [0.717, 1.165) is 26.2 Å². The van der Waals surface area contributed by atoms with Gasteiger partial charge in [-0.25, -0.2) is 4.39 Å². The quantitative estimate of drug-likeness (QED) is 0.898. The second-order valence-electron chi connectivity index (χ2n) is 5.60. The van der Waals surface area contributed by atoms with Crippen molar-refractivity contribution in [2.75, 3.05) is 26.3 Å². The van der Waals surface area contributed by atoms with Gasteiger partial charge >= 0.3 is 0 Å². The van der Waals surface area contributed by atoms with E-state index in [1.165, 1.54) is 6.07 Å². The maximum absolute atomic E-state index is 13.6. The van der Waals surface area contributed by atoms with E-state index in [0.29, 0.717) is 24.6 Å². The summed E-state index contributed by atoms with van der Waals surface area (Å²) in [5.41, 5.74) is 0.715. The molecule has 3 nitrogen and oxygen atoms in total. The first kappa shape index (κ1) is 13.0. The minimum absolute atomic E-state index is 0.161. The molecular formula is C15H20FNO2. The Balaban J connectivity index is 1.59. The Bertz CT molecular complexity index is 436. The van der Waals surface area contributed by atoms with Crippen molar-refractivity contribution in [1.29, 1.82) is 0 Å². The third-order valence-corrected chi connectivity index (χ3v) is 4.33. The highest BCUT2D eigenvalue weighted by molar-refractivity contribution is 5.18. The Kier molecular flexibility index (Phi) is 3.82. The fourth-order valence-corrected chi connectivity index (χ4v) is 2.95. The zero-order chi connectivity index (χ0) is 13.2. The lowest BCUT2D eigenvalue weighted by Crippen LogP contribution is -2.55. The van der Waals surface area contributed by atoms with Gasteiger partial charge in [-0.05, 0) is 36.9 Å². The van der Waals surface area contributed by atoms with Crippen LogP contribution in [-0.4, -0.2) is 48.5 Å². The second kappa shape index (κ2) is 5.57. The van der Waals surface area contributed by atoms with E-state index < -0.39 is 0 Å². The predicted octanol–water partition coefficient (Wildman–Crippen LogP) is 1.45.